The normalized spacial score (nSPS) is 23.3. The van der Waals surface area contributed by atoms with Crippen molar-refractivity contribution in [1.29, 1.82) is 0 Å². The number of benzene rings is 3. The molecule has 0 unspecified atom stereocenters. The SMILES string of the molecule is CC(C)[C@]1(c2ccc(Cl)cc2)C[C@]12C(=O)N(c1cc(Br)cc(C(=O)O)c1)c1ccc(F)cc12. The molecular formula is C26H20BrClFNO3. The van der Waals surface area contributed by atoms with E-state index in [9.17, 15) is 19.1 Å². The highest BCUT2D eigenvalue weighted by Gasteiger charge is 2.78. The molecule has 5 rings (SSSR count). The number of hydrogen-bond acceptors (Lipinski definition) is 2. The average Bonchev–Trinajstić information content (AvgIpc) is 3.41. The third-order valence-corrected chi connectivity index (χ3v) is 7.85. The minimum atomic E-state index is -1.10. The molecule has 0 saturated heterocycles. The van der Waals surface area contributed by atoms with E-state index in [1.54, 1.807) is 12.1 Å². The Balaban J connectivity index is 1.74. The Bertz CT molecular complexity index is 1330. The lowest BCUT2D eigenvalue weighted by Gasteiger charge is -2.27. The van der Waals surface area contributed by atoms with Gasteiger partial charge in [0.25, 0.3) is 0 Å². The molecule has 3 aromatic carbocycles. The molecule has 0 radical (unpaired) electrons. The number of amides is 1. The number of nitrogens with zero attached hydrogens (tertiary/aromatic N) is 1. The topological polar surface area (TPSA) is 57.6 Å². The fourth-order valence-electron chi connectivity index (χ4n) is 5.65. The van der Waals surface area contributed by atoms with Gasteiger partial charge in [-0.05, 0) is 72.0 Å². The van der Waals surface area contributed by atoms with Gasteiger partial charge in [0.1, 0.15) is 5.82 Å². The molecule has 0 bridgehead atoms. The van der Waals surface area contributed by atoms with Crippen molar-refractivity contribution < 1.29 is 19.1 Å². The lowest BCUT2D eigenvalue weighted by molar-refractivity contribution is -0.120. The average molecular weight is 529 g/mol. The van der Waals surface area contributed by atoms with Crippen LogP contribution in [0.2, 0.25) is 5.02 Å². The number of carbonyl (C=O) groups excluding carboxylic acids is 1. The van der Waals surface area contributed by atoms with Crippen LogP contribution in [0.15, 0.2) is 65.1 Å². The molecule has 2 aliphatic rings. The monoisotopic (exact) mass is 527 g/mol. The van der Waals surface area contributed by atoms with Crippen LogP contribution in [0.4, 0.5) is 15.8 Å². The molecular weight excluding hydrogens is 509 g/mol. The zero-order chi connectivity index (χ0) is 23.7. The van der Waals surface area contributed by atoms with Crippen molar-refractivity contribution in [2.45, 2.75) is 31.1 Å². The summed E-state index contributed by atoms with van der Waals surface area (Å²) < 4.78 is 15.0. The van der Waals surface area contributed by atoms with E-state index < -0.39 is 22.6 Å². The van der Waals surface area contributed by atoms with E-state index in [1.807, 2.05) is 24.3 Å². The Hall–Kier alpha value is -2.70. The van der Waals surface area contributed by atoms with Crippen molar-refractivity contribution in [3.05, 3.63) is 92.7 Å². The van der Waals surface area contributed by atoms with E-state index >= 15 is 0 Å². The molecule has 3 aromatic rings. The van der Waals surface area contributed by atoms with Crippen LogP contribution >= 0.6 is 27.5 Å². The van der Waals surface area contributed by atoms with Gasteiger partial charge >= 0.3 is 5.97 Å². The molecule has 1 N–H and O–H groups in total. The summed E-state index contributed by atoms with van der Waals surface area (Å²) in [6.45, 7) is 4.14. The predicted octanol–water partition coefficient (Wildman–Crippen LogP) is 6.85. The van der Waals surface area contributed by atoms with Gasteiger partial charge in [-0.15, -0.1) is 0 Å². The highest BCUT2D eigenvalue weighted by molar-refractivity contribution is 9.10. The van der Waals surface area contributed by atoms with E-state index in [0.29, 0.717) is 32.9 Å². The van der Waals surface area contributed by atoms with Gasteiger partial charge in [0.2, 0.25) is 5.91 Å². The van der Waals surface area contributed by atoms with Gasteiger partial charge in [-0.1, -0.05) is 53.5 Å². The van der Waals surface area contributed by atoms with Gasteiger partial charge in [0.15, 0.2) is 0 Å². The lowest BCUT2D eigenvalue weighted by Crippen LogP contribution is -2.36. The molecule has 1 aliphatic heterocycles. The number of carboxylic acid groups (broad SMARTS) is 1. The zero-order valence-electron chi connectivity index (χ0n) is 17.9. The minimum absolute atomic E-state index is 0.0559. The third kappa shape index (κ3) is 3.00. The second kappa shape index (κ2) is 7.40. The summed E-state index contributed by atoms with van der Waals surface area (Å²) >= 11 is 9.48. The molecule has 1 heterocycles. The first kappa shape index (κ1) is 22.1. The standard InChI is InChI=1S/C26H20BrClFNO3/c1-14(2)25(16-3-5-18(28)6-4-16)13-26(25)21-12-19(29)7-8-22(21)30(24(26)33)20-10-15(23(31)32)9-17(27)11-20/h3-12,14H,13H2,1-2H3,(H,31,32)/t25-,26-/m0/s1. The molecule has 168 valence electrons. The maximum atomic E-state index is 14.5. The van der Waals surface area contributed by atoms with E-state index in [-0.39, 0.29) is 17.4 Å². The summed E-state index contributed by atoms with van der Waals surface area (Å²) in [5.74, 6) is -1.61. The molecule has 1 spiro atoms. The van der Waals surface area contributed by atoms with Crippen molar-refractivity contribution in [3.8, 4) is 0 Å². The Morgan fingerprint density at radius 3 is 2.45 bits per heavy atom. The minimum Gasteiger partial charge on any atom is -0.478 e. The number of hydrogen-bond donors (Lipinski definition) is 1. The second-order valence-corrected chi connectivity index (χ2v) is 10.4. The number of halogens is 3. The number of carbonyl (C=O) groups is 2. The van der Waals surface area contributed by atoms with E-state index in [4.69, 9.17) is 11.6 Å². The van der Waals surface area contributed by atoms with Gasteiger partial charge in [0.05, 0.1) is 22.4 Å². The first-order valence-electron chi connectivity index (χ1n) is 10.6. The Morgan fingerprint density at radius 1 is 1.12 bits per heavy atom. The Morgan fingerprint density at radius 2 is 1.82 bits per heavy atom. The summed E-state index contributed by atoms with van der Waals surface area (Å²) in [5.41, 5.74) is 1.19. The van der Waals surface area contributed by atoms with Crippen molar-refractivity contribution in [2.24, 2.45) is 5.92 Å². The van der Waals surface area contributed by atoms with Crippen molar-refractivity contribution in [2.75, 3.05) is 4.90 Å². The van der Waals surface area contributed by atoms with Gasteiger partial charge in [-0.3, -0.25) is 9.69 Å². The Labute approximate surface area is 204 Å². The molecule has 1 saturated carbocycles. The van der Waals surface area contributed by atoms with E-state index in [2.05, 4.69) is 29.8 Å². The predicted molar refractivity (Wildman–Crippen MR) is 129 cm³/mol. The largest absolute Gasteiger partial charge is 0.478 e. The van der Waals surface area contributed by atoms with Crippen LogP contribution < -0.4 is 4.90 Å². The number of aromatic carboxylic acids is 1. The second-order valence-electron chi connectivity index (χ2n) is 9.02. The van der Waals surface area contributed by atoms with Crippen LogP contribution in [-0.4, -0.2) is 17.0 Å². The van der Waals surface area contributed by atoms with Crippen LogP contribution in [-0.2, 0) is 15.6 Å². The summed E-state index contributed by atoms with van der Waals surface area (Å²) in [6.07, 6.45) is 0.533. The fourth-order valence-corrected chi connectivity index (χ4v) is 6.25. The molecule has 1 amide bonds. The molecule has 7 heteroatoms. The number of fused-ring (bicyclic) bond motifs is 2. The maximum Gasteiger partial charge on any atom is 0.335 e. The van der Waals surface area contributed by atoms with Crippen LogP contribution in [0.5, 0.6) is 0 Å². The molecule has 33 heavy (non-hydrogen) atoms. The Kier molecular flexibility index (Phi) is 4.96. The first-order valence-corrected chi connectivity index (χ1v) is 11.7. The van der Waals surface area contributed by atoms with Crippen LogP contribution in [0, 0.1) is 11.7 Å². The van der Waals surface area contributed by atoms with Crippen molar-refractivity contribution in [1.82, 2.24) is 0 Å². The lowest BCUT2D eigenvalue weighted by atomic mass is 9.75. The molecule has 1 fully saturated rings. The molecule has 2 atom stereocenters. The molecule has 4 nitrogen and oxygen atoms in total. The van der Waals surface area contributed by atoms with Gasteiger partial charge in [0, 0.05) is 14.9 Å². The summed E-state index contributed by atoms with van der Waals surface area (Å²) in [6, 6.07) is 16.5. The van der Waals surface area contributed by atoms with Gasteiger partial charge in [-0.2, -0.15) is 0 Å². The highest BCUT2D eigenvalue weighted by Crippen LogP contribution is 2.73. The number of rotatable bonds is 4. The van der Waals surface area contributed by atoms with E-state index in [0.717, 1.165) is 5.56 Å². The van der Waals surface area contributed by atoms with Crippen molar-refractivity contribution in [3.63, 3.8) is 0 Å². The smallest absolute Gasteiger partial charge is 0.335 e. The fraction of sp³-hybridized carbons (Fsp3) is 0.231. The maximum absolute atomic E-state index is 14.5. The van der Waals surface area contributed by atoms with Gasteiger partial charge < -0.3 is 5.11 Å². The highest BCUT2D eigenvalue weighted by atomic mass is 79.9. The van der Waals surface area contributed by atoms with Crippen LogP contribution in [0.3, 0.4) is 0 Å². The summed E-state index contributed by atoms with van der Waals surface area (Å²) in [4.78, 5) is 27.4. The third-order valence-electron chi connectivity index (χ3n) is 7.14. The molecule has 0 aromatic heterocycles. The first-order chi connectivity index (χ1) is 15.6. The van der Waals surface area contributed by atoms with Gasteiger partial charge in [-0.25, -0.2) is 9.18 Å². The van der Waals surface area contributed by atoms with E-state index in [1.165, 1.54) is 29.2 Å². The van der Waals surface area contributed by atoms with Crippen molar-refractivity contribution >= 4 is 50.8 Å². The van der Waals surface area contributed by atoms with Crippen LogP contribution in [0.1, 0.15) is 41.8 Å². The number of carboxylic acids is 1. The van der Waals surface area contributed by atoms with Crippen LogP contribution in [0.25, 0.3) is 0 Å². The summed E-state index contributed by atoms with van der Waals surface area (Å²) in [7, 11) is 0. The molecule has 1 aliphatic carbocycles. The zero-order valence-corrected chi connectivity index (χ0v) is 20.2. The number of anilines is 2. The summed E-state index contributed by atoms with van der Waals surface area (Å²) in [5, 5.41) is 10.1. The quantitative estimate of drug-likeness (QED) is 0.403.